The van der Waals surface area contributed by atoms with Crippen molar-refractivity contribution in [3.05, 3.63) is 46.4 Å². The van der Waals surface area contributed by atoms with E-state index in [1.165, 1.54) is 0 Å². The molecule has 6 nitrogen and oxygen atoms in total. The molecule has 0 atom stereocenters. The Balaban J connectivity index is 2.21. The van der Waals surface area contributed by atoms with Crippen LogP contribution in [-0.4, -0.2) is 21.2 Å². The van der Waals surface area contributed by atoms with Crippen molar-refractivity contribution in [2.45, 2.75) is 40.5 Å². The number of aliphatic hydroxyl groups excluding tert-OH is 1. The van der Waals surface area contributed by atoms with Gasteiger partial charge >= 0.3 is 7.60 Å². The van der Waals surface area contributed by atoms with Crippen molar-refractivity contribution in [2.75, 3.05) is 6.35 Å². The van der Waals surface area contributed by atoms with Gasteiger partial charge in [0, 0.05) is 12.8 Å². The van der Waals surface area contributed by atoms with Crippen molar-refractivity contribution in [2.24, 2.45) is 5.92 Å². The first-order chi connectivity index (χ1) is 11.6. The van der Waals surface area contributed by atoms with Crippen LogP contribution in [0.4, 0.5) is 0 Å². The second kappa shape index (κ2) is 7.65. The second-order valence-corrected chi connectivity index (χ2v) is 8.18. The van der Waals surface area contributed by atoms with Crippen molar-refractivity contribution in [3.63, 3.8) is 0 Å². The van der Waals surface area contributed by atoms with E-state index >= 15 is 0 Å². The molecule has 0 heterocycles. The van der Waals surface area contributed by atoms with Gasteiger partial charge in [0.2, 0.25) is 0 Å². The Labute approximate surface area is 147 Å². The summed E-state index contributed by atoms with van der Waals surface area (Å²) in [5.41, 5.74) is 2.51. The zero-order valence-corrected chi connectivity index (χ0v) is 15.8. The molecule has 0 aromatic heterocycles. The molecular weight excluding hydrogens is 343 g/mol. The molecule has 0 fully saturated rings. The van der Waals surface area contributed by atoms with Crippen LogP contribution in [0.15, 0.2) is 35.3 Å². The van der Waals surface area contributed by atoms with Gasteiger partial charge in [0.1, 0.15) is 17.3 Å². The first-order valence-electron chi connectivity index (χ1n) is 8.16. The Morgan fingerprint density at radius 3 is 2.28 bits per heavy atom. The fraction of sp³-hybridized carbons (Fsp3) is 0.444. The van der Waals surface area contributed by atoms with E-state index < -0.39 is 13.9 Å². The first-order valence-corrected chi connectivity index (χ1v) is 9.95. The fourth-order valence-electron chi connectivity index (χ4n) is 2.74. The number of ether oxygens (including phenoxy) is 2. The summed E-state index contributed by atoms with van der Waals surface area (Å²) in [4.78, 5) is 17.8. The van der Waals surface area contributed by atoms with Crippen LogP contribution in [0, 0.1) is 19.8 Å². The highest BCUT2D eigenvalue weighted by atomic mass is 31.2. The second-order valence-electron chi connectivity index (χ2n) is 6.59. The quantitative estimate of drug-likeness (QED) is 0.646. The minimum atomic E-state index is -4.22. The number of allylic oxidation sites excluding steroid dienone is 4. The van der Waals surface area contributed by atoms with Crippen LogP contribution in [-0.2, 0) is 4.57 Å². The lowest BCUT2D eigenvalue weighted by Crippen LogP contribution is -2.09. The molecule has 2 rings (SSSR count). The van der Waals surface area contributed by atoms with Crippen LogP contribution in [0.25, 0.3) is 0 Å². The predicted octanol–water partition coefficient (Wildman–Crippen LogP) is 4.34. The van der Waals surface area contributed by atoms with Crippen LogP contribution < -0.4 is 9.47 Å². The van der Waals surface area contributed by atoms with Crippen LogP contribution in [0.3, 0.4) is 0 Å². The minimum absolute atomic E-state index is 0.213. The van der Waals surface area contributed by atoms with E-state index in [0.717, 1.165) is 22.5 Å². The van der Waals surface area contributed by atoms with Gasteiger partial charge in [-0.2, -0.15) is 0 Å². The van der Waals surface area contributed by atoms with E-state index in [-0.39, 0.29) is 5.92 Å². The van der Waals surface area contributed by atoms with Gasteiger partial charge in [-0.1, -0.05) is 13.8 Å². The molecule has 0 bridgehead atoms. The largest absolute Gasteiger partial charge is 0.512 e. The van der Waals surface area contributed by atoms with Gasteiger partial charge in [0.25, 0.3) is 0 Å². The summed E-state index contributed by atoms with van der Waals surface area (Å²) in [7, 11) is -4.22. The van der Waals surface area contributed by atoms with E-state index in [1.54, 1.807) is 12.1 Å². The van der Waals surface area contributed by atoms with Gasteiger partial charge in [-0.25, -0.2) is 0 Å². The summed E-state index contributed by atoms with van der Waals surface area (Å²) in [5, 5.41) is 9.99. The number of hydrogen-bond acceptors (Lipinski definition) is 4. The third-order valence-corrected chi connectivity index (χ3v) is 4.41. The van der Waals surface area contributed by atoms with Crippen molar-refractivity contribution in [1.29, 1.82) is 0 Å². The molecule has 25 heavy (non-hydrogen) atoms. The molecule has 0 radical (unpaired) electrons. The summed E-state index contributed by atoms with van der Waals surface area (Å²) in [5.74, 6) is 2.50. The predicted molar refractivity (Wildman–Crippen MR) is 95.9 cm³/mol. The van der Waals surface area contributed by atoms with E-state index in [2.05, 4.69) is 0 Å². The molecule has 1 aromatic rings. The molecule has 1 aromatic carbocycles. The zero-order valence-electron chi connectivity index (χ0n) is 14.9. The molecule has 0 amide bonds. The number of hydrogen-bond donors (Lipinski definition) is 3. The summed E-state index contributed by atoms with van der Waals surface area (Å²) in [6, 6.07) is 3.39. The molecule has 0 spiro atoms. The van der Waals surface area contributed by atoms with E-state index in [1.807, 2.05) is 33.8 Å². The highest BCUT2D eigenvalue weighted by Crippen LogP contribution is 2.37. The number of aliphatic hydroxyl groups is 1. The fourth-order valence-corrected chi connectivity index (χ4v) is 3.06. The van der Waals surface area contributed by atoms with E-state index in [4.69, 9.17) is 19.3 Å². The lowest BCUT2D eigenvalue weighted by atomic mass is 9.94. The van der Waals surface area contributed by atoms with Crippen molar-refractivity contribution < 1.29 is 28.9 Å². The monoisotopic (exact) mass is 368 g/mol. The van der Waals surface area contributed by atoms with Gasteiger partial charge in [-0.15, -0.1) is 0 Å². The van der Waals surface area contributed by atoms with Gasteiger partial charge in [0.15, 0.2) is 6.35 Å². The molecule has 3 N–H and O–H groups in total. The smallest absolute Gasteiger partial charge is 0.362 e. The summed E-state index contributed by atoms with van der Waals surface area (Å²) >= 11 is 0. The lowest BCUT2D eigenvalue weighted by molar-refractivity contribution is 0.299. The number of rotatable bonds is 6. The molecule has 0 saturated heterocycles. The minimum Gasteiger partial charge on any atom is -0.512 e. The molecule has 0 unspecified atom stereocenters. The molecule has 1 aliphatic carbocycles. The Bertz CT molecular complexity index is 734. The highest BCUT2D eigenvalue weighted by molar-refractivity contribution is 7.51. The Morgan fingerprint density at radius 2 is 1.76 bits per heavy atom. The number of aryl methyl sites for hydroxylation is 2. The summed E-state index contributed by atoms with van der Waals surface area (Å²) < 4.78 is 22.1. The Morgan fingerprint density at radius 1 is 1.16 bits per heavy atom. The maximum absolute atomic E-state index is 10.9. The van der Waals surface area contributed by atoms with Crippen LogP contribution >= 0.6 is 7.60 Å². The van der Waals surface area contributed by atoms with Crippen LogP contribution in [0.5, 0.6) is 11.5 Å². The standard InChI is InChI=1S/C18H25O6P/c1-11(2)16-9-14(5-6-17(16)19)24-18-12(3)7-15(8-13(18)4)23-10-25(20,21)22/h7-9,11,19H,5-6,10H2,1-4H3,(H2,20,21,22). The molecule has 1 aliphatic rings. The normalized spacial score (nSPS) is 15.4. The Kier molecular flexibility index (Phi) is 5.99. The third-order valence-electron chi connectivity index (χ3n) is 3.95. The van der Waals surface area contributed by atoms with Gasteiger partial charge in [0.05, 0.1) is 5.76 Å². The maximum Gasteiger partial charge on any atom is 0.362 e. The molecule has 138 valence electrons. The van der Waals surface area contributed by atoms with Crippen molar-refractivity contribution in [3.8, 4) is 11.5 Å². The summed E-state index contributed by atoms with van der Waals surface area (Å²) in [6.45, 7) is 7.75. The lowest BCUT2D eigenvalue weighted by Gasteiger charge is -2.21. The maximum atomic E-state index is 10.9. The zero-order chi connectivity index (χ0) is 18.8. The van der Waals surface area contributed by atoms with Gasteiger partial charge in [-0.3, -0.25) is 4.57 Å². The molecule has 0 aliphatic heterocycles. The average molecular weight is 368 g/mol. The SMILES string of the molecule is Cc1cc(OCP(=O)(O)O)cc(C)c1OC1=CC(C(C)C)=C(O)CC1. The van der Waals surface area contributed by atoms with Crippen LogP contribution in [0.2, 0.25) is 0 Å². The highest BCUT2D eigenvalue weighted by Gasteiger charge is 2.19. The molecular formula is C18H25O6P. The molecule has 7 heteroatoms. The van der Waals surface area contributed by atoms with Gasteiger partial charge < -0.3 is 24.4 Å². The first kappa shape index (κ1) is 19.6. The molecule has 0 saturated carbocycles. The summed E-state index contributed by atoms with van der Waals surface area (Å²) in [6.07, 6.45) is 2.41. The number of benzene rings is 1. The van der Waals surface area contributed by atoms with Gasteiger partial charge in [-0.05, 0) is 54.7 Å². The third kappa shape index (κ3) is 5.36. The van der Waals surface area contributed by atoms with E-state index in [0.29, 0.717) is 30.1 Å². The van der Waals surface area contributed by atoms with E-state index in [9.17, 15) is 9.67 Å². The van der Waals surface area contributed by atoms with Crippen LogP contribution in [0.1, 0.15) is 37.8 Å². The topological polar surface area (TPSA) is 96.2 Å². The van der Waals surface area contributed by atoms with Crippen molar-refractivity contribution in [1.82, 2.24) is 0 Å². The Hall–Kier alpha value is -1.75. The van der Waals surface area contributed by atoms with Crippen molar-refractivity contribution >= 4 is 7.60 Å². The average Bonchev–Trinajstić information content (AvgIpc) is 2.49.